The number of hydrogen-bond acceptors (Lipinski definition) is 5. The Morgan fingerprint density at radius 3 is 2.03 bits per heavy atom. The number of unbranched alkanes of at least 4 members (excludes halogenated alkanes) is 1. The van der Waals surface area contributed by atoms with E-state index in [4.69, 9.17) is 4.74 Å². The highest BCUT2D eigenvalue weighted by Crippen LogP contribution is 2.28. The summed E-state index contributed by atoms with van der Waals surface area (Å²) in [5.74, 6) is -0.850. The third kappa shape index (κ3) is 4.38. The summed E-state index contributed by atoms with van der Waals surface area (Å²) < 4.78 is 8.80. The van der Waals surface area contributed by atoms with Gasteiger partial charge in [0.25, 0.3) is 11.2 Å². The molecule has 34 heavy (non-hydrogen) atoms. The van der Waals surface area contributed by atoms with Gasteiger partial charge in [-0.3, -0.25) is 14.9 Å². The van der Waals surface area contributed by atoms with Crippen molar-refractivity contribution in [1.29, 1.82) is 0 Å². The Bertz CT molecular complexity index is 1370. The minimum absolute atomic E-state index is 0.0525. The predicted octanol–water partition coefficient (Wildman–Crippen LogP) is 5.10. The fourth-order valence-electron chi connectivity index (χ4n) is 3.75. The second-order valence-corrected chi connectivity index (χ2v) is 7.65. The summed E-state index contributed by atoms with van der Waals surface area (Å²) in [6.45, 7) is 2.00. The van der Waals surface area contributed by atoms with Crippen molar-refractivity contribution < 1.29 is 14.5 Å². The molecule has 1 aromatic heterocycles. The van der Waals surface area contributed by atoms with Crippen LogP contribution >= 0.6 is 0 Å². The molecule has 172 valence electrons. The highest BCUT2D eigenvalue weighted by atomic mass is 16.6. The van der Waals surface area contributed by atoms with Crippen LogP contribution in [0.3, 0.4) is 0 Å². The molecule has 0 saturated carbocycles. The lowest BCUT2D eigenvalue weighted by atomic mass is 10.1. The first-order chi connectivity index (χ1) is 16.5. The maximum absolute atomic E-state index is 13.6. The summed E-state index contributed by atoms with van der Waals surface area (Å²) in [4.78, 5) is 37.6. The molecule has 0 saturated heterocycles. The molecule has 3 aromatic carbocycles. The molecule has 0 bridgehead atoms. The zero-order valence-corrected chi connectivity index (χ0v) is 18.6. The van der Waals surface area contributed by atoms with Gasteiger partial charge in [0.1, 0.15) is 5.56 Å². The summed E-state index contributed by atoms with van der Waals surface area (Å²) in [5, 5.41) is 11.5. The van der Waals surface area contributed by atoms with Gasteiger partial charge in [-0.2, -0.15) is 0 Å². The molecule has 4 rings (SSSR count). The summed E-state index contributed by atoms with van der Waals surface area (Å²) in [5.41, 5.74) is 0.682. The molecule has 0 aliphatic heterocycles. The number of rotatable bonds is 8. The number of aromatic nitrogens is 2. The Kier molecular flexibility index (Phi) is 6.68. The first kappa shape index (κ1) is 22.7. The van der Waals surface area contributed by atoms with Gasteiger partial charge in [-0.25, -0.2) is 14.2 Å². The van der Waals surface area contributed by atoms with Gasteiger partial charge in [0.2, 0.25) is 5.88 Å². The van der Waals surface area contributed by atoms with Crippen molar-refractivity contribution in [2.45, 2.75) is 26.2 Å². The molecule has 0 atom stereocenters. The number of ether oxygens (including phenoxy) is 1. The van der Waals surface area contributed by atoms with E-state index in [1.807, 2.05) is 43.3 Å². The molecule has 8 heteroatoms. The molecule has 0 aliphatic rings. The zero-order valence-electron chi connectivity index (χ0n) is 18.6. The predicted molar refractivity (Wildman–Crippen MR) is 128 cm³/mol. The number of esters is 1. The number of benzene rings is 3. The number of nitrogens with zero attached hydrogens (tertiary/aromatic N) is 3. The third-order valence-corrected chi connectivity index (χ3v) is 5.39. The van der Waals surface area contributed by atoms with Crippen molar-refractivity contribution in [3.05, 3.63) is 117 Å². The number of para-hydroxylation sites is 3. The van der Waals surface area contributed by atoms with E-state index >= 15 is 0 Å². The largest absolute Gasteiger partial charge is 0.403 e. The van der Waals surface area contributed by atoms with Crippen LogP contribution in [-0.2, 0) is 6.42 Å². The second kappa shape index (κ2) is 9.99. The highest BCUT2D eigenvalue weighted by Gasteiger charge is 2.28. The molecule has 0 aliphatic carbocycles. The number of carbonyl (C=O) groups excluding carboxylic acids is 1. The molecule has 0 fully saturated rings. The van der Waals surface area contributed by atoms with Crippen LogP contribution in [0.5, 0.6) is 5.88 Å². The summed E-state index contributed by atoms with van der Waals surface area (Å²) in [6, 6.07) is 23.7. The monoisotopic (exact) mass is 457 g/mol. The lowest BCUT2D eigenvalue weighted by Gasteiger charge is -2.15. The minimum Gasteiger partial charge on any atom is -0.403 e. The van der Waals surface area contributed by atoms with Gasteiger partial charge >= 0.3 is 5.97 Å². The van der Waals surface area contributed by atoms with E-state index in [1.54, 1.807) is 28.9 Å². The van der Waals surface area contributed by atoms with Gasteiger partial charge in [0.15, 0.2) is 0 Å². The third-order valence-electron chi connectivity index (χ3n) is 5.39. The fraction of sp³-hybridized carbons (Fsp3) is 0.154. The van der Waals surface area contributed by atoms with Crippen molar-refractivity contribution in [3.8, 4) is 17.3 Å². The van der Waals surface area contributed by atoms with E-state index in [1.165, 1.54) is 28.9 Å². The molecule has 0 N–H and O–H groups in total. The van der Waals surface area contributed by atoms with Gasteiger partial charge in [0, 0.05) is 6.07 Å². The van der Waals surface area contributed by atoms with Crippen LogP contribution in [0.2, 0.25) is 0 Å². The van der Waals surface area contributed by atoms with Gasteiger partial charge < -0.3 is 4.74 Å². The van der Waals surface area contributed by atoms with Crippen LogP contribution in [-0.4, -0.2) is 20.3 Å². The second-order valence-electron chi connectivity index (χ2n) is 7.65. The van der Waals surface area contributed by atoms with Crippen LogP contribution in [0.25, 0.3) is 11.4 Å². The maximum atomic E-state index is 13.6. The lowest BCUT2D eigenvalue weighted by molar-refractivity contribution is -0.385. The molecule has 0 unspecified atom stereocenters. The smallest absolute Gasteiger partial charge is 0.351 e. The average Bonchev–Trinajstić information content (AvgIpc) is 3.14. The van der Waals surface area contributed by atoms with Gasteiger partial charge in [0.05, 0.1) is 21.9 Å². The van der Waals surface area contributed by atoms with Gasteiger partial charge in [-0.1, -0.05) is 61.9 Å². The topological polar surface area (TPSA) is 96.4 Å². The van der Waals surface area contributed by atoms with E-state index in [2.05, 4.69) is 0 Å². The van der Waals surface area contributed by atoms with E-state index in [0.717, 1.165) is 6.42 Å². The Labute approximate surface area is 195 Å². The molecule has 0 amide bonds. The Balaban J connectivity index is 1.95. The van der Waals surface area contributed by atoms with Crippen LogP contribution < -0.4 is 10.3 Å². The molecular formula is C26H23N3O5. The Morgan fingerprint density at radius 2 is 1.44 bits per heavy atom. The Morgan fingerprint density at radius 1 is 0.882 bits per heavy atom. The molecule has 1 heterocycles. The standard InChI is InChI=1S/C26H23N3O5/c1-2-3-16-22-24(30)27(19-12-6-4-7-13-19)28(20-14-8-5-9-15-20)25(22)34-26(31)21-17-10-11-18-23(21)29(32)33/h4-15,17-18H,2-3,16H2,1H3. The molecular weight excluding hydrogens is 434 g/mol. The minimum atomic E-state index is -0.903. The summed E-state index contributed by atoms with van der Waals surface area (Å²) in [6.07, 6.45) is 1.93. The summed E-state index contributed by atoms with van der Waals surface area (Å²) >= 11 is 0. The Hall–Kier alpha value is -4.46. The first-order valence-electron chi connectivity index (χ1n) is 11.0. The van der Waals surface area contributed by atoms with E-state index in [-0.39, 0.29) is 22.7 Å². The van der Waals surface area contributed by atoms with Crippen LogP contribution in [0.1, 0.15) is 35.7 Å². The number of nitro groups is 1. The van der Waals surface area contributed by atoms with Crippen LogP contribution in [0.15, 0.2) is 89.7 Å². The molecule has 4 aromatic rings. The van der Waals surface area contributed by atoms with Crippen molar-refractivity contribution in [3.63, 3.8) is 0 Å². The fourth-order valence-corrected chi connectivity index (χ4v) is 3.75. The highest BCUT2D eigenvalue weighted by molar-refractivity contribution is 5.95. The van der Waals surface area contributed by atoms with E-state index < -0.39 is 10.9 Å². The molecule has 0 radical (unpaired) electrons. The molecule has 8 nitrogen and oxygen atoms in total. The lowest BCUT2D eigenvalue weighted by Crippen LogP contribution is -2.22. The zero-order chi connectivity index (χ0) is 24.1. The van der Waals surface area contributed by atoms with Crippen LogP contribution in [0, 0.1) is 10.1 Å². The van der Waals surface area contributed by atoms with Crippen molar-refractivity contribution in [2.75, 3.05) is 0 Å². The number of carbonyl (C=O) groups is 1. The van der Waals surface area contributed by atoms with Gasteiger partial charge in [-0.05, 0) is 43.2 Å². The van der Waals surface area contributed by atoms with Crippen molar-refractivity contribution in [2.24, 2.45) is 0 Å². The SMILES string of the molecule is CCCCc1c(OC(=O)c2ccccc2[N+](=O)[O-])n(-c2ccccc2)n(-c2ccccc2)c1=O. The van der Waals surface area contributed by atoms with Crippen LogP contribution in [0.4, 0.5) is 5.69 Å². The maximum Gasteiger partial charge on any atom is 0.351 e. The molecule has 0 spiro atoms. The van der Waals surface area contributed by atoms with Gasteiger partial charge in [-0.15, -0.1) is 0 Å². The average molecular weight is 457 g/mol. The normalized spacial score (nSPS) is 10.7. The first-order valence-corrected chi connectivity index (χ1v) is 11.0. The quantitative estimate of drug-likeness (QED) is 0.208. The van der Waals surface area contributed by atoms with Crippen molar-refractivity contribution >= 4 is 11.7 Å². The summed E-state index contributed by atoms with van der Waals surface area (Å²) in [7, 11) is 0. The van der Waals surface area contributed by atoms with E-state index in [0.29, 0.717) is 29.8 Å². The van der Waals surface area contributed by atoms with E-state index in [9.17, 15) is 19.7 Å². The number of nitro benzene ring substituents is 1. The van der Waals surface area contributed by atoms with Crippen molar-refractivity contribution in [1.82, 2.24) is 9.36 Å². The number of hydrogen-bond donors (Lipinski definition) is 0.